The van der Waals surface area contributed by atoms with Crippen LogP contribution in [0.15, 0.2) is 65.1 Å². The molecule has 0 atom stereocenters. The van der Waals surface area contributed by atoms with Crippen LogP contribution in [0.5, 0.6) is 5.75 Å². The summed E-state index contributed by atoms with van der Waals surface area (Å²) in [4.78, 5) is 0. The zero-order chi connectivity index (χ0) is 17.2. The van der Waals surface area contributed by atoms with E-state index >= 15 is 0 Å². The molecular formula is C20H18N2O3. The Kier molecular flexibility index (Phi) is 3.99. The summed E-state index contributed by atoms with van der Waals surface area (Å²) in [6.07, 6.45) is 0. The lowest BCUT2D eigenvalue weighted by Gasteiger charge is -2.05. The van der Waals surface area contributed by atoms with Gasteiger partial charge in [0.25, 0.3) is 0 Å². The quantitative estimate of drug-likeness (QED) is 0.602. The molecule has 25 heavy (non-hydrogen) atoms. The summed E-state index contributed by atoms with van der Waals surface area (Å²) in [6, 6.07) is 19.6. The normalized spacial score (nSPS) is 11.1. The summed E-state index contributed by atoms with van der Waals surface area (Å²) in [5.74, 6) is 2.03. The maximum atomic E-state index is 9.22. The highest BCUT2D eigenvalue weighted by atomic mass is 16.5. The van der Waals surface area contributed by atoms with Crippen LogP contribution in [0, 0.1) is 0 Å². The lowest BCUT2D eigenvalue weighted by Crippen LogP contribution is -2.01. The highest BCUT2D eigenvalue weighted by Gasteiger charge is 2.15. The lowest BCUT2D eigenvalue weighted by molar-refractivity contribution is 0.248. The smallest absolute Gasteiger partial charge is 0.155 e. The van der Waals surface area contributed by atoms with E-state index in [-0.39, 0.29) is 6.61 Å². The van der Waals surface area contributed by atoms with E-state index in [1.807, 2.05) is 59.3 Å². The molecule has 126 valence electrons. The Balaban J connectivity index is 1.76. The molecule has 5 nitrogen and oxygen atoms in total. The van der Waals surface area contributed by atoms with Crippen LogP contribution in [-0.4, -0.2) is 22.0 Å². The molecule has 0 fully saturated rings. The van der Waals surface area contributed by atoms with E-state index in [0.717, 1.165) is 27.9 Å². The molecule has 0 saturated carbocycles. The summed E-state index contributed by atoms with van der Waals surface area (Å²) in [5.41, 5.74) is 2.95. The highest BCUT2D eigenvalue weighted by molar-refractivity contribution is 5.92. The molecule has 4 rings (SSSR count). The number of nitrogens with zero attached hydrogens (tertiary/aromatic N) is 2. The van der Waals surface area contributed by atoms with Crippen molar-refractivity contribution in [2.45, 2.75) is 13.2 Å². The summed E-state index contributed by atoms with van der Waals surface area (Å²) < 4.78 is 12.9. The van der Waals surface area contributed by atoms with Crippen LogP contribution >= 0.6 is 0 Å². The van der Waals surface area contributed by atoms with Crippen LogP contribution in [0.3, 0.4) is 0 Å². The van der Waals surface area contributed by atoms with Crippen LogP contribution in [0.25, 0.3) is 22.4 Å². The number of aliphatic hydroxyl groups is 1. The number of hydrogen-bond acceptors (Lipinski definition) is 4. The Labute approximate surface area is 145 Å². The average Bonchev–Trinajstić information content (AvgIpc) is 3.27. The van der Waals surface area contributed by atoms with Gasteiger partial charge in [0.2, 0.25) is 0 Å². The first-order valence-corrected chi connectivity index (χ1v) is 8.07. The van der Waals surface area contributed by atoms with Crippen molar-refractivity contribution in [3.63, 3.8) is 0 Å². The van der Waals surface area contributed by atoms with Crippen molar-refractivity contribution < 1.29 is 14.3 Å². The van der Waals surface area contributed by atoms with Crippen molar-refractivity contribution in [1.29, 1.82) is 0 Å². The van der Waals surface area contributed by atoms with Gasteiger partial charge in [-0.1, -0.05) is 30.3 Å². The second-order valence-corrected chi connectivity index (χ2v) is 5.80. The van der Waals surface area contributed by atoms with Crippen molar-refractivity contribution in [3.05, 3.63) is 72.0 Å². The predicted molar refractivity (Wildman–Crippen MR) is 95.5 cm³/mol. The number of fused-ring (bicyclic) bond motifs is 1. The first kappa shape index (κ1) is 15.5. The second kappa shape index (κ2) is 6.45. The number of aliphatic hydroxyl groups excluding tert-OH is 1. The lowest BCUT2D eigenvalue weighted by atomic mass is 10.2. The number of methoxy groups -OCH3 is 1. The number of ether oxygens (including phenoxy) is 1. The van der Waals surface area contributed by atoms with E-state index in [9.17, 15) is 5.11 Å². The van der Waals surface area contributed by atoms with E-state index in [1.165, 1.54) is 0 Å². The van der Waals surface area contributed by atoms with Crippen LogP contribution in [0.2, 0.25) is 0 Å². The molecule has 2 aromatic carbocycles. The molecule has 0 bridgehead atoms. The van der Waals surface area contributed by atoms with Gasteiger partial charge in [-0.15, -0.1) is 0 Å². The third kappa shape index (κ3) is 2.90. The van der Waals surface area contributed by atoms with Crippen molar-refractivity contribution in [2.24, 2.45) is 0 Å². The maximum absolute atomic E-state index is 9.22. The van der Waals surface area contributed by atoms with Gasteiger partial charge in [-0.2, -0.15) is 5.10 Å². The molecule has 1 N–H and O–H groups in total. The third-order valence-electron chi connectivity index (χ3n) is 4.20. The van der Waals surface area contributed by atoms with Gasteiger partial charge in [-0.25, -0.2) is 0 Å². The van der Waals surface area contributed by atoms with Crippen molar-refractivity contribution >= 4 is 10.9 Å². The Hall–Kier alpha value is -3.05. The van der Waals surface area contributed by atoms with Gasteiger partial charge < -0.3 is 14.3 Å². The standard InChI is InChI=1S/C20H18N2O3/c1-24-15-8-6-14(7-9-15)12-22-18-5-3-2-4-17(18)20(21-22)19-11-10-16(13-23)25-19/h2-11,23H,12-13H2,1H3. The summed E-state index contributed by atoms with van der Waals surface area (Å²) in [6.45, 7) is 0.530. The topological polar surface area (TPSA) is 60.4 Å². The SMILES string of the molecule is COc1ccc(Cn2nc(-c3ccc(CO)o3)c3ccccc32)cc1. The fourth-order valence-electron chi connectivity index (χ4n) is 2.92. The zero-order valence-corrected chi connectivity index (χ0v) is 13.8. The largest absolute Gasteiger partial charge is 0.497 e. The fourth-order valence-corrected chi connectivity index (χ4v) is 2.92. The van der Waals surface area contributed by atoms with Gasteiger partial charge in [-0.3, -0.25) is 4.68 Å². The molecule has 4 aromatic rings. The summed E-state index contributed by atoms with van der Waals surface area (Å²) in [5, 5.41) is 15.0. The number of para-hydroxylation sites is 1. The number of hydrogen-bond donors (Lipinski definition) is 1. The Morgan fingerprint density at radius 3 is 2.56 bits per heavy atom. The van der Waals surface area contributed by atoms with Crippen LogP contribution in [-0.2, 0) is 13.2 Å². The fraction of sp³-hybridized carbons (Fsp3) is 0.150. The summed E-state index contributed by atoms with van der Waals surface area (Å²) in [7, 11) is 1.66. The molecule has 0 unspecified atom stereocenters. The van der Waals surface area contributed by atoms with E-state index < -0.39 is 0 Å². The van der Waals surface area contributed by atoms with Gasteiger partial charge in [0.1, 0.15) is 23.8 Å². The molecule has 0 aliphatic heterocycles. The van der Waals surface area contributed by atoms with Crippen LogP contribution in [0.1, 0.15) is 11.3 Å². The van der Waals surface area contributed by atoms with Crippen molar-refractivity contribution in [2.75, 3.05) is 7.11 Å². The number of rotatable bonds is 5. The molecule has 0 aliphatic carbocycles. The first-order chi connectivity index (χ1) is 12.3. The number of furan rings is 1. The average molecular weight is 334 g/mol. The molecule has 0 aliphatic rings. The van der Waals surface area contributed by atoms with E-state index in [2.05, 4.69) is 0 Å². The monoisotopic (exact) mass is 334 g/mol. The second-order valence-electron chi connectivity index (χ2n) is 5.80. The summed E-state index contributed by atoms with van der Waals surface area (Å²) >= 11 is 0. The minimum Gasteiger partial charge on any atom is -0.497 e. The molecule has 0 spiro atoms. The molecular weight excluding hydrogens is 316 g/mol. The first-order valence-electron chi connectivity index (χ1n) is 8.07. The molecule has 0 amide bonds. The predicted octanol–water partition coefficient (Wildman–Crippen LogP) is 3.85. The van der Waals surface area contributed by atoms with E-state index in [1.54, 1.807) is 13.2 Å². The maximum Gasteiger partial charge on any atom is 0.155 e. The molecule has 0 saturated heterocycles. The van der Waals surface area contributed by atoms with Gasteiger partial charge >= 0.3 is 0 Å². The molecule has 2 heterocycles. The minimum atomic E-state index is -0.121. The molecule has 2 aromatic heterocycles. The Morgan fingerprint density at radius 2 is 1.84 bits per heavy atom. The Bertz CT molecular complexity index is 999. The van der Waals surface area contributed by atoms with Gasteiger partial charge in [0, 0.05) is 5.39 Å². The number of benzene rings is 2. The van der Waals surface area contributed by atoms with Crippen LogP contribution in [0.4, 0.5) is 0 Å². The molecule has 0 radical (unpaired) electrons. The van der Waals surface area contributed by atoms with Crippen LogP contribution < -0.4 is 4.74 Å². The van der Waals surface area contributed by atoms with Gasteiger partial charge in [0.05, 0.1) is 19.2 Å². The zero-order valence-electron chi connectivity index (χ0n) is 13.8. The number of aromatic nitrogens is 2. The Morgan fingerprint density at radius 1 is 1.04 bits per heavy atom. The van der Waals surface area contributed by atoms with E-state index in [4.69, 9.17) is 14.3 Å². The highest BCUT2D eigenvalue weighted by Crippen LogP contribution is 2.30. The minimum absolute atomic E-state index is 0.121. The third-order valence-corrected chi connectivity index (χ3v) is 4.20. The molecule has 5 heteroatoms. The van der Waals surface area contributed by atoms with Crippen molar-refractivity contribution in [1.82, 2.24) is 9.78 Å². The van der Waals surface area contributed by atoms with Crippen molar-refractivity contribution in [3.8, 4) is 17.2 Å². The van der Waals surface area contributed by atoms with Gasteiger partial charge in [0.15, 0.2) is 5.76 Å². The van der Waals surface area contributed by atoms with E-state index in [0.29, 0.717) is 18.1 Å². The van der Waals surface area contributed by atoms with Gasteiger partial charge in [-0.05, 0) is 35.9 Å².